The number of aromatic nitrogens is 1. The van der Waals surface area contributed by atoms with E-state index >= 15 is 0 Å². The van der Waals surface area contributed by atoms with Crippen molar-refractivity contribution in [1.29, 1.82) is 0 Å². The van der Waals surface area contributed by atoms with Gasteiger partial charge in [-0.3, -0.25) is 4.79 Å². The standard InChI is InChI=1S/C28H34N4O4/c1-3-13-29-27(35)31-14-11-28(12-15-31)18-32(26(34)19-7-5-4-6-8-19)23(17-33)25-24(28)21-10-9-20(36-2)16-22(21)30-25/h4-10,16,23,30,33H,3,11-15,17-18H2,1-2H3,(H,29,35)/t23-/m0/s1. The van der Waals surface area contributed by atoms with Crippen LogP contribution in [0.2, 0.25) is 0 Å². The molecule has 1 fully saturated rings. The number of nitrogens with zero attached hydrogens (tertiary/aromatic N) is 2. The highest BCUT2D eigenvalue weighted by molar-refractivity contribution is 5.96. The lowest BCUT2D eigenvalue weighted by Crippen LogP contribution is -2.56. The molecule has 2 aliphatic heterocycles. The van der Waals surface area contributed by atoms with Gasteiger partial charge in [-0.15, -0.1) is 0 Å². The number of piperidine rings is 1. The Bertz CT molecular complexity index is 1250. The Labute approximate surface area is 211 Å². The largest absolute Gasteiger partial charge is 0.497 e. The molecule has 3 aromatic rings. The van der Waals surface area contributed by atoms with Crippen LogP contribution in [0.15, 0.2) is 48.5 Å². The van der Waals surface area contributed by atoms with Crippen LogP contribution in [0.5, 0.6) is 5.75 Å². The summed E-state index contributed by atoms with van der Waals surface area (Å²) in [5, 5.41) is 14.6. The van der Waals surface area contributed by atoms with Gasteiger partial charge in [0.15, 0.2) is 0 Å². The van der Waals surface area contributed by atoms with Crippen molar-refractivity contribution in [3.05, 3.63) is 65.4 Å². The van der Waals surface area contributed by atoms with Crippen LogP contribution in [0.1, 0.15) is 53.8 Å². The molecule has 3 heterocycles. The lowest BCUT2D eigenvalue weighted by Gasteiger charge is -2.50. The van der Waals surface area contributed by atoms with Crippen LogP contribution < -0.4 is 10.1 Å². The number of likely N-dealkylation sites (tertiary alicyclic amines) is 1. The number of hydrogen-bond acceptors (Lipinski definition) is 4. The number of urea groups is 1. The van der Waals surface area contributed by atoms with E-state index in [2.05, 4.69) is 16.4 Å². The van der Waals surface area contributed by atoms with Gasteiger partial charge in [0.25, 0.3) is 5.91 Å². The van der Waals surface area contributed by atoms with E-state index < -0.39 is 6.04 Å². The van der Waals surface area contributed by atoms with Crippen LogP contribution >= 0.6 is 0 Å². The Morgan fingerprint density at radius 1 is 1.17 bits per heavy atom. The molecule has 8 heteroatoms. The third kappa shape index (κ3) is 4.09. The highest BCUT2D eigenvalue weighted by atomic mass is 16.5. The Morgan fingerprint density at radius 3 is 2.58 bits per heavy atom. The number of hydrogen-bond donors (Lipinski definition) is 3. The number of nitrogens with one attached hydrogen (secondary N) is 2. The first kappa shape index (κ1) is 24.2. The van der Waals surface area contributed by atoms with Crippen molar-refractivity contribution in [2.45, 2.75) is 37.6 Å². The zero-order valence-corrected chi connectivity index (χ0v) is 20.9. The molecule has 1 spiro atoms. The zero-order valence-electron chi connectivity index (χ0n) is 20.9. The van der Waals surface area contributed by atoms with E-state index in [1.807, 2.05) is 59.2 Å². The number of benzene rings is 2. The minimum atomic E-state index is -0.484. The van der Waals surface area contributed by atoms with Crippen molar-refractivity contribution in [1.82, 2.24) is 20.1 Å². The molecule has 3 amide bonds. The van der Waals surface area contributed by atoms with E-state index in [-0.39, 0.29) is 24.0 Å². The predicted molar refractivity (Wildman–Crippen MR) is 138 cm³/mol. The summed E-state index contributed by atoms with van der Waals surface area (Å²) in [5.41, 5.74) is 3.22. The first-order chi connectivity index (χ1) is 17.5. The third-order valence-electron chi connectivity index (χ3n) is 7.74. The zero-order chi connectivity index (χ0) is 25.3. The molecule has 2 aromatic carbocycles. The number of methoxy groups -OCH3 is 1. The number of aliphatic hydroxyl groups is 1. The number of carbonyl (C=O) groups excluding carboxylic acids is 2. The summed E-state index contributed by atoms with van der Waals surface area (Å²) in [5.74, 6) is 0.648. The molecular weight excluding hydrogens is 456 g/mol. The molecule has 36 heavy (non-hydrogen) atoms. The molecule has 1 saturated heterocycles. The van der Waals surface area contributed by atoms with Crippen molar-refractivity contribution in [2.24, 2.45) is 0 Å². The molecule has 0 saturated carbocycles. The van der Waals surface area contributed by atoms with Gasteiger partial charge in [-0.1, -0.05) is 25.1 Å². The molecule has 2 aliphatic rings. The molecule has 8 nitrogen and oxygen atoms in total. The van der Waals surface area contributed by atoms with Gasteiger partial charge in [-0.25, -0.2) is 4.79 Å². The fourth-order valence-electron chi connectivity index (χ4n) is 5.86. The van der Waals surface area contributed by atoms with E-state index in [0.717, 1.165) is 47.2 Å². The Kier molecular flexibility index (Phi) is 6.62. The second-order valence-electron chi connectivity index (χ2n) is 9.82. The summed E-state index contributed by atoms with van der Waals surface area (Å²) in [6.45, 7) is 4.22. The average molecular weight is 491 g/mol. The Morgan fingerprint density at radius 2 is 1.92 bits per heavy atom. The van der Waals surface area contributed by atoms with Crippen molar-refractivity contribution in [3.8, 4) is 5.75 Å². The first-order valence-corrected chi connectivity index (χ1v) is 12.7. The van der Waals surface area contributed by atoms with Gasteiger partial charge in [0.05, 0.1) is 19.8 Å². The van der Waals surface area contributed by atoms with E-state index in [0.29, 0.717) is 31.7 Å². The van der Waals surface area contributed by atoms with Crippen LogP contribution in [0.25, 0.3) is 10.9 Å². The second kappa shape index (κ2) is 9.85. The number of amides is 3. The maximum atomic E-state index is 13.7. The Hall–Kier alpha value is -3.52. The number of aromatic amines is 1. The summed E-state index contributed by atoms with van der Waals surface area (Å²) < 4.78 is 5.45. The number of aliphatic hydroxyl groups excluding tert-OH is 1. The molecule has 190 valence electrons. The van der Waals surface area contributed by atoms with E-state index in [1.165, 1.54) is 0 Å². The van der Waals surface area contributed by atoms with Gasteiger partial charge in [0.1, 0.15) is 5.75 Å². The molecule has 0 radical (unpaired) electrons. The van der Waals surface area contributed by atoms with Gasteiger partial charge in [0, 0.05) is 59.8 Å². The number of ether oxygens (including phenoxy) is 1. The predicted octanol–water partition coefficient (Wildman–Crippen LogP) is 3.82. The number of rotatable bonds is 5. The molecule has 3 N–H and O–H groups in total. The summed E-state index contributed by atoms with van der Waals surface area (Å²) in [6.07, 6.45) is 2.36. The number of carbonyl (C=O) groups is 2. The van der Waals surface area contributed by atoms with Gasteiger partial charge >= 0.3 is 6.03 Å². The Balaban J connectivity index is 1.57. The topological polar surface area (TPSA) is 97.9 Å². The summed E-state index contributed by atoms with van der Waals surface area (Å²) in [7, 11) is 1.64. The lowest BCUT2D eigenvalue weighted by molar-refractivity contribution is 0.0367. The molecule has 5 rings (SSSR count). The van der Waals surface area contributed by atoms with Crippen LogP contribution in [0.3, 0.4) is 0 Å². The van der Waals surface area contributed by atoms with Crippen molar-refractivity contribution in [2.75, 3.05) is 39.9 Å². The normalized spacial score (nSPS) is 18.8. The van der Waals surface area contributed by atoms with Gasteiger partial charge in [0.2, 0.25) is 0 Å². The maximum Gasteiger partial charge on any atom is 0.317 e. The van der Waals surface area contributed by atoms with Gasteiger partial charge in [-0.05, 0) is 49.1 Å². The smallest absolute Gasteiger partial charge is 0.317 e. The third-order valence-corrected chi connectivity index (χ3v) is 7.74. The molecule has 1 atom stereocenters. The monoisotopic (exact) mass is 490 g/mol. The summed E-state index contributed by atoms with van der Waals surface area (Å²) >= 11 is 0. The van der Waals surface area contributed by atoms with Crippen LogP contribution in [-0.2, 0) is 5.41 Å². The maximum absolute atomic E-state index is 13.7. The van der Waals surface area contributed by atoms with Gasteiger partial charge < -0.3 is 29.9 Å². The highest BCUT2D eigenvalue weighted by Crippen LogP contribution is 2.49. The quantitative estimate of drug-likeness (QED) is 0.507. The van der Waals surface area contributed by atoms with E-state index in [9.17, 15) is 14.7 Å². The van der Waals surface area contributed by atoms with Crippen molar-refractivity contribution < 1.29 is 19.4 Å². The van der Waals surface area contributed by atoms with E-state index in [1.54, 1.807) is 7.11 Å². The molecule has 0 aliphatic carbocycles. The van der Waals surface area contributed by atoms with Gasteiger partial charge in [-0.2, -0.15) is 0 Å². The van der Waals surface area contributed by atoms with Crippen LogP contribution in [-0.4, -0.2) is 71.7 Å². The number of H-pyrrole nitrogens is 1. The molecular formula is C28H34N4O4. The van der Waals surface area contributed by atoms with E-state index in [4.69, 9.17) is 4.74 Å². The summed E-state index contributed by atoms with van der Waals surface area (Å²) in [4.78, 5) is 33.6. The molecule has 1 aromatic heterocycles. The fourth-order valence-corrected chi connectivity index (χ4v) is 5.86. The fraction of sp³-hybridized carbons (Fsp3) is 0.429. The lowest BCUT2D eigenvalue weighted by atomic mass is 9.68. The SMILES string of the molecule is CCCNC(=O)N1CCC2(CC1)CN(C(=O)c1ccccc1)[C@@H](CO)c1[nH]c3cc(OC)ccc3c12. The minimum Gasteiger partial charge on any atom is -0.497 e. The average Bonchev–Trinajstić information content (AvgIpc) is 3.31. The molecule has 0 bridgehead atoms. The molecule has 0 unspecified atom stereocenters. The second-order valence-corrected chi connectivity index (χ2v) is 9.82. The van der Waals surface area contributed by atoms with Crippen LogP contribution in [0, 0.1) is 0 Å². The van der Waals surface area contributed by atoms with Crippen LogP contribution in [0.4, 0.5) is 4.79 Å². The highest BCUT2D eigenvalue weighted by Gasteiger charge is 2.49. The van der Waals surface area contributed by atoms with Crippen molar-refractivity contribution >= 4 is 22.8 Å². The first-order valence-electron chi connectivity index (χ1n) is 12.7. The summed E-state index contributed by atoms with van der Waals surface area (Å²) in [6, 6.07) is 14.7. The van der Waals surface area contributed by atoms with Crippen molar-refractivity contribution in [3.63, 3.8) is 0 Å². The minimum absolute atomic E-state index is 0.0307. The number of fused-ring (bicyclic) bond motifs is 4.